The maximum absolute atomic E-state index is 12.2. The third kappa shape index (κ3) is 3.51. The highest BCUT2D eigenvalue weighted by molar-refractivity contribution is 5.84. The number of rotatable bonds is 4. The lowest BCUT2D eigenvalue weighted by Crippen LogP contribution is -2.58. The van der Waals surface area contributed by atoms with Gasteiger partial charge in [-0.2, -0.15) is 0 Å². The normalized spacial score (nSPS) is 30.6. The molecule has 0 radical (unpaired) electrons. The van der Waals surface area contributed by atoms with E-state index in [1.165, 1.54) is 6.42 Å². The molecular formula is C15H30N4O. The molecule has 20 heavy (non-hydrogen) atoms. The van der Waals surface area contributed by atoms with Crippen LogP contribution in [0.5, 0.6) is 0 Å². The Morgan fingerprint density at radius 3 is 2.75 bits per heavy atom. The minimum atomic E-state index is -0.408. The van der Waals surface area contributed by atoms with Crippen LogP contribution < -0.4 is 11.1 Å². The average molecular weight is 282 g/mol. The van der Waals surface area contributed by atoms with E-state index in [-0.39, 0.29) is 5.91 Å². The van der Waals surface area contributed by atoms with Crippen molar-refractivity contribution in [1.29, 1.82) is 0 Å². The molecule has 2 aliphatic heterocycles. The van der Waals surface area contributed by atoms with Gasteiger partial charge in [0, 0.05) is 26.2 Å². The molecule has 0 aliphatic carbocycles. The van der Waals surface area contributed by atoms with Gasteiger partial charge in [0.05, 0.1) is 0 Å². The minimum Gasteiger partial charge on any atom is -0.368 e. The molecular weight excluding hydrogens is 252 g/mol. The first-order chi connectivity index (χ1) is 9.69. The molecule has 116 valence electrons. The fourth-order valence-corrected chi connectivity index (χ4v) is 3.71. The molecule has 2 heterocycles. The Balaban J connectivity index is 2.10. The number of primary amides is 1. The van der Waals surface area contributed by atoms with Gasteiger partial charge >= 0.3 is 0 Å². The molecule has 5 heteroatoms. The second-order valence-corrected chi connectivity index (χ2v) is 6.18. The number of likely N-dealkylation sites (tertiary alicyclic amines) is 1. The predicted molar refractivity (Wildman–Crippen MR) is 81.6 cm³/mol. The molecule has 2 aliphatic rings. The largest absolute Gasteiger partial charge is 0.368 e. The summed E-state index contributed by atoms with van der Waals surface area (Å²) in [5, 5.41) is 3.41. The summed E-state index contributed by atoms with van der Waals surface area (Å²) >= 11 is 0. The summed E-state index contributed by atoms with van der Waals surface area (Å²) in [5.74, 6) is -0.113. The summed E-state index contributed by atoms with van der Waals surface area (Å²) in [6.07, 6.45) is 5.17. The molecule has 1 amide bonds. The van der Waals surface area contributed by atoms with Gasteiger partial charge in [-0.3, -0.25) is 9.69 Å². The zero-order chi connectivity index (χ0) is 14.4. The average Bonchev–Trinajstić information content (AvgIpc) is 2.80. The van der Waals surface area contributed by atoms with Crippen molar-refractivity contribution in [2.24, 2.45) is 5.73 Å². The van der Waals surface area contributed by atoms with Crippen molar-refractivity contribution < 1.29 is 4.79 Å². The quantitative estimate of drug-likeness (QED) is 0.784. The Morgan fingerprint density at radius 2 is 2.00 bits per heavy atom. The van der Waals surface area contributed by atoms with Gasteiger partial charge in [0.25, 0.3) is 0 Å². The molecule has 1 unspecified atom stereocenters. The van der Waals surface area contributed by atoms with Gasteiger partial charge in [-0.25, -0.2) is 0 Å². The van der Waals surface area contributed by atoms with Crippen LogP contribution in [-0.2, 0) is 4.79 Å². The van der Waals surface area contributed by atoms with Crippen molar-refractivity contribution in [2.45, 2.75) is 44.6 Å². The molecule has 2 saturated heterocycles. The van der Waals surface area contributed by atoms with Crippen LogP contribution in [0.3, 0.4) is 0 Å². The molecule has 0 aromatic carbocycles. The van der Waals surface area contributed by atoms with Crippen LogP contribution in [0.25, 0.3) is 0 Å². The number of amides is 1. The fourth-order valence-electron chi connectivity index (χ4n) is 3.71. The van der Waals surface area contributed by atoms with E-state index >= 15 is 0 Å². The molecule has 0 aromatic heterocycles. The first-order valence-corrected chi connectivity index (χ1v) is 8.17. The highest BCUT2D eigenvalue weighted by atomic mass is 16.1. The lowest BCUT2D eigenvalue weighted by molar-refractivity contribution is -0.131. The number of hydrogen-bond donors (Lipinski definition) is 2. The predicted octanol–water partition coefficient (Wildman–Crippen LogP) is 0.402. The van der Waals surface area contributed by atoms with E-state index in [0.717, 1.165) is 71.5 Å². The zero-order valence-electron chi connectivity index (χ0n) is 12.9. The summed E-state index contributed by atoms with van der Waals surface area (Å²) in [4.78, 5) is 17.1. The zero-order valence-corrected chi connectivity index (χ0v) is 12.9. The number of hydrogen-bond acceptors (Lipinski definition) is 4. The lowest BCUT2D eigenvalue weighted by Gasteiger charge is -2.40. The summed E-state index contributed by atoms with van der Waals surface area (Å²) in [6, 6.07) is 0. The van der Waals surface area contributed by atoms with Crippen molar-refractivity contribution in [1.82, 2.24) is 15.1 Å². The Morgan fingerprint density at radius 1 is 1.15 bits per heavy atom. The van der Waals surface area contributed by atoms with Crippen LogP contribution in [-0.4, -0.2) is 67.1 Å². The second kappa shape index (κ2) is 7.38. The van der Waals surface area contributed by atoms with E-state index in [9.17, 15) is 4.79 Å². The lowest BCUT2D eigenvalue weighted by atomic mass is 9.87. The SMILES string of the molecule is CCCN1CCCC(C(N)=O)(N2CCCNCC2)CC1. The van der Waals surface area contributed by atoms with Gasteiger partial charge in [0.1, 0.15) is 5.54 Å². The van der Waals surface area contributed by atoms with Crippen LogP contribution in [0.4, 0.5) is 0 Å². The molecule has 5 nitrogen and oxygen atoms in total. The summed E-state index contributed by atoms with van der Waals surface area (Å²) in [6.45, 7) is 9.40. The molecule has 0 saturated carbocycles. The van der Waals surface area contributed by atoms with Crippen LogP contribution >= 0.6 is 0 Å². The second-order valence-electron chi connectivity index (χ2n) is 6.18. The van der Waals surface area contributed by atoms with Gasteiger partial charge in [0.2, 0.25) is 5.91 Å². The first kappa shape index (κ1) is 15.7. The van der Waals surface area contributed by atoms with Crippen molar-refractivity contribution in [3.05, 3.63) is 0 Å². The van der Waals surface area contributed by atoms with Gasteiger partial charge in [-0.1, -0.05) is 6.92 Å². The third-order valence-corrected chi connectivity index (χ3v) is 4.85. The van der Waals surface area contributed by atoms with Crippen LogP contribution in [0.1, 0.15) is 39.0 Å². The van der Waals surface area contributed by atoms with Crippen LogP contribution in [0.15, 0.2) is 0 Å². The first-order valence-electron chi connectivity index (χ1n) is 8.17. The molecule has 2 fully saturated rings. The number of carbonyl (C=O) groups is 1. The van der Waals surface area contributed by atoms with Gasteiger partial charge in [-0.05, 0) is 51.7 Å². The molecule has 2 rings (SSSR count). The molecule has 3 N–H and O–H groups in total. The van der Waals surface area contributed by atoms with E-state index in [0.29, 0.717) is 0 Å². The Labute approximate surface area is 122 Å². The fraction of sp³-hybridized carbons (Fsp3) is 0.933. The summed E-state index contributed by atoms with van der Waals surface area (Å²) in [7, 11) is 0. The molecule has 0 bridgehead atoms. The van der Waals surface area contributed by atoms with Crippen LogP contribution in [0, 0.1) is 0 Å². The maximum Gasteiger partial charge on any atom is 0.238 e. The molecule has 0 aromatic rings. The maximum atomic E-state index is 12.2. The number of nitrogens with zero attached hydrogens (tertiary/aromatic N) is 2. The van der Waals surface area contributed by atoms with Crippen molar-refractivity contribution in [2.75, 3.05) is 45.8 Å². The Bertz CT molecular complexity index is 315. The van der Waals surface area contributed by atoms with E-state index < -0.39 is 5.54 Å². The monoisotopic (exact) mass is 282 g/mol. The van der Waals surface area contributed by atoms with E-state index in [2.05, 4.69) is 22.0 Å². The van der Waals surface area contributed by atoms with Crippen molar-refractivity contribution in [3.63, 3.8) is 0 Å². The van der Waals surface area contributed by atoms with Crippen LogP contribution in [0.2, 0.25) is 0 Å². The van der Waals surface area contributed by atoms with Crippen molar-refractivity contribution >= 4 is 5.91 Å². The van der Waals surface area contributed by atoms with Crippen molar-refractivity contribution in [3.8, 4) is 0 Å². The smallest absolute Gasteiger partial charge is 0.238 e. The standard InChI is InChI=1S/C15H30N4O/c1-2-9-18-10-3-5-15(6-12-18,14(16)20)19-11-4-7-17-8-13-19/h17H,2-13H2,1H3,(H2,16,20). The van der Waals surface area contributed by atoms with Gasteiger partial charge in [-0.15, -0.1) is 0 Å². The third-order valence-electron chi connectivity index (χ3n) is 4.85. The summed E-state index contributed by atoms with van der Waals surface area (Å²) in [5.41, 5.74) is 5.45. The Kier molecular flexibility index (Phi) is 5.81. The van der Waals surface area contributed by atoms with E-state index in [4.69, 9.17) is 5.73 Å². The highest BCUT2D eigenvalue weighted by Gasteiger charge is 2.43. The highest BCUT2D eigenvalue weighted by Crippen LogP contribution is 2.29. The number of nitrogens with one attached hydrogen (secondary N) is 1. The topological polar surface area (TPSA) is 61.6 Å². The van der Waals surface area contributed by atoms with Gasteiger partial charge in [0.15, 0.2) is 0 Å². The van der Waals surface area contributed by atoms with Gasteiger partial charge < -0.3 is 16.0 Å². The van der Waals surface area contributed by atoms with E-state index in [1.54, 1.807) is 0 Å². The molecule has 1 atom stereocenters. The molecule has 0 spiro atoms. The van der Waals surface area contributed by atoms with E-state index in [1.807, 2.05) is 0 Å². The Hall–Kier alpha value is -0.650. The number of nitrogens with two attached hydrogens (primary N) is 1. The summed E-state index contributed by atoms with van der Waals surface area (Å²) < 4.78 is 0. The number of carbonyl (C=O) groups excluding carboxylic acids is 1. The minimum absolute atomic E-state index is 0.113.